The summed E-state index contributed by atoms with van der Waals surface area (Å²) >= 11 is 0. The highest BCUT2D eigenvalue weighted by molar-refractivity contribution is 5.65. The second-order valence-electron chi connectivity index (χ2n) is 5.69. The van der Waals surface area contributed by atoms with Gasteiger partial charge in [0.05, 0.1) is 5.60 Å². The maximum absolute atomic E-state index is 10.9. The van der Waals surface area contributed by atoms with Crippen molar-refractivity contribution in [2.45, 2.75) is 38.2 Å². The van der Waals surface area contributed by atoms with E-state index in [1.54, 1.807) is 13.8 Å². The van der Waals surface area contributed by atoms with Gasteiger partial charge in [-0.3, -0.25) is 0 Å². The van der Waals surface area contributed by atoms with E-state index in [4.69, 9.17) is 5.11 Å². The highest BCUT2D eigenvalue weighted by Gasteiger charge is 2.28. The van der Waals surface area contributed by atoms with Gasteiger partial charge in [0, 0.05) is 13.1 Å². The fourth-order valence-electron chi connectivity index (χ4n) is 2.79. The average molecular weight is 263 g/mol. The number of nitrogens with zero attached hydrogens (tertiary/aromatic N) is 1. The van der Waals surface area contributed by atoms with Gasteiger partial charge in [-0.1, -0.05) is 24.3 Å². The van der Waals surface area contributed by atoms with Crippen LogP contribution < -0.4 is 0 Å². The van der Waals surface area contributed by atoms with Crippen LogP contribution in [-0.4, -0.2) is 34.3 Å². The minimum Gasteiger partial charge on any atom is -0.465 e. The fourth-order valence-corrected chi connectivity index (χ4v) is 2.79. The summed E-state index contributed by atoms with van der Waals surface area (Å²) in [6.07, 6.45) is 0.799. The van der Waals surface area contributed by atoms with E-state index in [-0.39, 0.29) is 0 Å². The highest BCUT2D eigenvalue weighted by Crippen LogP contribution is 2.34. The number of carbonyl (C=O) groups is 1. The van der Waals surface area contributed by atoms with Crippen LogP contribution in [-0.2, 0) is 5.60 Å². The Morgan fingerprint density at radius 3 is 2.37 bits per heavy atom. The summed E-state index contributed by atoms with van der Waals surface area (Å²) in [7, 11) is 0. The number of carboxylic acid groups (broad SMARTS) is 1. The third-order valence-electron chi connectivity index (χ3n) is 3.83. The summed E-state index contributed by atoms with van der Waals surface area (Å²) < 4.78 is 0. The summed E-state index contributed by atoms with van der Waals surface area (Å²) in [5.74, 6) is 0.332. The van der Waals surface area contributed by atoms with Crippen LogP contribution in [0.5, 0.6) is 0 Å². The lowest BCUT2D eigenvalue weighted by Gasteiger charge is -2.33. The molecule has 1 fully saturated rings. The van der Waals surface area contributed by atoms with Crippen molar-refractivity contribution in [3.8, 4) is 0 Å². The first-order valence-electron chi connectivity index (χ1n) is 6.69. The van der Waals surface area contributed by atoms with E-state index >= 15 is 0 Å². The number of amides is 1. The fraction of sp³-hybridized carbons (Fsp3) is 0.533. The van der Waals surface area contributed by atoms with Crippen molar-refractivity contribution in [2.75, 3.05) is 13.1 Å². The molecule has 0 saturated carbocycles. The predicted octanol–water partition coefficient (Wildman–Crippen LogP) is 2.77. The molecule has 2 N–H and O–H groups in total. The minimum absolute atomic E-state index is 0.332. The van der Waals surface area contributed by atoms with E-state index in [0.717, 1.165) is 24.0 Å². The van der Waals surface area contributed by atoms with Crippen molar-refractivity contribution in [1.29, 1.82) is 0 Å². The number of piperidine rings is 1. The first-order valence-corrected chi connectivity index (χ1v) is 6.69. The monoisotopic (exact) mass is 263 g/mol. The third-order valence-corrected chi connectivity index (χ3v) is 3.83. The molecule has 1 aliphatic rings. The molecule has 0 aromatic heterocycles. The van der Waals surface area contributed by atoms with Crippen LogP contribution in [0.3, 0.4) is 0 Å². The van der Waals surface area contributed by atoms with Crippen molar-refractivity contribution in [3.05, 3.63) is 35.4 Å². The molecule has 0 unspecified atom stereocenters. The number of likely N-dealkylation sites (tertiary alicyclic amines) is 1. The standard InChI is InChI=1S/C15H21NO3/c1-15(2,19)13-6-4-3-5-12(13)11-7-9-16(10-8-11)14(17)18/h3-6,11,19H,7-10H2,1-2H3,(H,17,18). The van der Waals surface area contributed by atoms with Gasteiger partial charge >= 0.3 is 6.09 Å². The highest BCUT2D eigenvalue weighted by atomic mass is 16.4. The summed E-state index contributed by atoms with van der Waals surface area (Å²) in [5.41, 5.74) is 1.24. The molecule has 0 aliphatic carbocycles. The minimum atomic E-state index is -0.861. The van der Waals surface area contributed by atoms with Gasteiger partial charge in [-0.05, 0) is 43.7 Å². The lowest BCUT2D eigenvalue weighted by atomic mass is 9.82. The molecule has 0 atom stereocenters. The number of benzene rings is 1. The Balaban J connectivity index is 2.18. The van der Waals surface area contributed by atoms with E-state index in [0.29, 0.717) is 19.0 Å². The molecule has 1 aromatic carbocycles. The van der Waals surface area contributed by atoms with E-state index in [2.05, 4.69) is 0 Å². The molecule has 0 bridgehead atoms. The van der Waals surface area contributed by atoms with Crippen LogP contribution in [0.1, 0.15) is 43.7 Å². The molecule has 1 aliphatic heterocycles. The van der Waals surface area contributed by atoms with Gasteiger partial charge in [-0.25, -0.2) is 4.79 Å². The second-order valence-corrected chi connectivity index (χ2v) is 5.69. The molecule has 0 spiro atoms. The zero-order valence-corrected chi connectivity index (χ0v) is 11.5. The Bertz CT molecular complexity index is 457. The van der Waals surface area contributed by atoms with E-state index in [1.807, 2.05) is 24.3 Å². The van der Waals surface area contributed by atoms with E-state index in [9.17, 15) is 9.90 Å². The lowest BCUT2D eigenvalue weighted by Crippen LogP contribution is -2.37. The number of aliphatic hydroxyl groups is 1. The number of hydrogen-bond donors (Lipinski definition) is 2. The predicted molar refractivity (Wildman–Crippen MR) is 73.3 cm³/mol. The van der Waals surface area contributed by atoms with Gasteiger partial charge in [0.25, 0.3) is 0 Å². The van der Waals surface area contributed by atoms with Crippen LogP contribution in [0.15, 0.2) is 24.3 Å². The molecule has 1 aromatic rings. The SMILES string of the molecule is CC(C)(O)c1ccccc1C1CCN(C(=O)O)CC1. The quantitative estimate of drug-likeness (QED) is 0.862. The molecule has 4 heteroatoms. The van der Waals surface area contributed by atoms with Crippen LogP contribution in [0.25, 0.3) is 0 Å². The molecule has 1 amide bonds. The van der Waals surface area contributed by atoms with Crippen molar-refractivity contribution in [3.63, 3.8) is 0 Å². The molecule has 104 valence electrons. The van der Waals surface area contributed by atoms with Crippen LogP contribution in [0.4, 0.5) is 4.79 Å². The topological polar surface area (TPSA) is 60.8 Å². The first-order chi connectivity index (χ1) is 8.89. The second kappa shape index (κ2) is 5.21. The molecule has 0 radical (unpaired) electrons. The Labute approximate surface area is 113 Å². The van der Waals surface area contributed by atoms with Crippen LogP contribution in [0, 0.1) is 0 Å². The van der Waals surface area contributed by atoms with E-state index < -0.39 is 11.7 Å². The molecule has 1 saturated heterocycles. The molecular formula is C15H21NO3. The van der Waals surface area contributed by atoms with E-state index in [1.165, 1.54) is 4.90 Å². The largest absolute Gasteiger partial charge is 0.465 e. The number of hydrogen-bond acceptors (Lipinski definition) is 2. The zero-order chi connectivity index (χ0) is 14.0. The molecular weight excluding hydrogens is 242 g/mol. The summed E-state index contributed by atoms with van der Waals surface area (Å²) in [6, 6.07) is 7.92. The van der Waals surface area contributed by atoms with Crippen molar-refractivity contribution in [2.24, 2.45) is 0 Å². The smallest absolute Gasteiger partial charge is 0.407 e. The molecule has 19 heavy (non-hydrogen) atoms. The van der Waals surface area contributed by atoms with Gasteiger partial charge in [-0.2, -0.15) is 0 Å². The molecule has 1 heterocycles. The molecule has 2 rings (SSSR count). The Kier molecular flexibility index (Phi) is 3.80. The average Bonchev–Trinajstić information content (AvgIpc) is 2.38. The Morgan fingerprint density at radius 2 is 1.84 bits per heavy atom. The van der Waals surface area contributed by atoms with Crippen LogP contribution >= 0.6 is 0 Å². The van der Waals surface area contributed by atoms with Gasteiger partial charge in [0.2, 0.25) is 0 Å². The Hall–Kier alpha value is -1.55. The van der Waals surface area contributed by atoms with Crippen molar-refractivity contribution >= 4 is 6.09 Å². The normalized spacial score (nSPS) is 17.5. The first kappa shape index (κ1) is 13.9. The van der Waals surface area contributed by atoms with Gasteiger partial charge in [0.1, 0.15) is 0 Å². The summed E-state index contributed by atoms with van der Waals surface area (Å²) in [4.78, 5) is 12.4. The van der Waals surface area contributed by atoms with Gasteiger partial charge in [-0.15, -0.1) is 0 Å². The van der Waals surface area contributed by atoms with Crippen LogP contribution in [0.2, 0.25) is 0 Å². The lowest BCUT2D eigenvalue weighted by molar-refractivity contribution is 0.0763. The maximum atomic E-state index is 10.9. The Morgan fingerprint density at radius 1 is 1.26 bits per heavy atom. The third kappa shape index (κ3) is 3.07. The van der Waals surface area contributed by atoms with Gasteiger partial charge < -0.3 is 15.1 Å². The van der Waals surface area contributed by atoms with Gasteiger partial charge in [0.15, 0.2) is 0 Å². The van der Waals surface area contributed by atoms with Crippen molar-refractivity contribution in [1.82, 2.24) is 4.90 Å². The maximum Gasteiger partial charge on any atom is 0.407 e. The summed E-state index contributed by atoms with van der Waals surface area (Å²) in [5, 5.41) is 19.2. The van der Waals surface area contributed by atoms with Crippen molar-refractivity contribution < 1.29 is 15.0 Å². The summed E-state index contributed by atoms with van der Waals surface area (Å²) in [6.45, 7) is 4.72. The zero-order valence-electron chi connectivity index (χ0n) is 11.5. The molecule has 4 nitrogen and oxygen atoms in total. The number of rotatable bonds is 2.